The zero-order valence-electron chi connectivity index (χ0n) is 9.47. The summed E-state index contributed by atoms with van der Waals surface area (Å²) in [6, 6.07) is 10.3. The number of benzene rings is 1. The van der Waals surface area contributed by atoms with Crippen molar-refractivity contribution >= 4 is 17.6 Å². The number of nitrogens with two attached hydrogens (primary N) is 1. The first-order valence-corrected chi connectivity index (χ1v) is 6.13. The average molecular weight is 233 g/mol. The Morgan fingerprint density at radius 1 is 1.31 bits per heavy atom. The molecule has 0 aliphatic carbocycles. The fourth-order valence-corrected chi connectivity index (χ4v) is 2.59. The minimum absolute atomic E-state index is 0.765. The van der Waals surface area contributed by atoms with Gasteiger partial charge in [0.2, 0.25) is 0 Å². The summed E-state index contributed by atoms with van der Waals surface area (Å²) in [6.45, 7) is 2.00. The zero-order valence-corrected chi connectivity index (χ0v) is 10.3. The Bertz CT molecular complexity index is 477. The van der Waals surface area contributed by atoms with Crippen LogP contribution in [0.2, 0.25) is 0 Å². The van der Waals surface area contributed by atoms with Crippen LogP contribution in [0.5, 0.6) is 0 Å². The van der Waals surface area contributed by atoms with Crippen LogP contribution in [-0.4, -0.2) is 9.78 Å². The van der Waals surface area contributed by atoms with Crippen molar-refractivity contribution in [3.63, 3.8) is 0 Å². The molecule has 0 saturated heterocycles. The third-order valence-corrected chi connectivity index (χ3v) is 3.56. The van der Waals surface area contributed by atoms with Gasteiger partial charge in [-0.3, -0.25) is 4.68 Å². The third kappa shape index (κ3) is 2.22. The second kappa shape index (κ2) is 4.61. The summed E-state index contributed by atoms with van der Waals surface area (Å²) in [5, 5.41) is 4.30. The Morgan fingerprint density at radius 3 is 2.56 bits per heavy atom. The van der Waals surface area contributed by atoms with Crippen LogP contribution < -0.4 is 5.73 Å². The van der Waals surface area contributed by atoms with Gasteiger partial charge in [0.1, 0.15) is 5.82 Å². The molecule has 1 aromatic heterocycles. The summed E-state index contributed by atoms with van der Waals surface area (Å²) in [6.07, 6.45) is 0. The SMILES string of the molecule is Cc1nn(C)c(N)c1CSc1ccccc1. The summed E-state index contributed by atoms with van der Waals surface area (Å²) in [4.78, 5) is 1.25. The van der Waals surface area contributed by atoms with Gasteiger partial charge in [0.05, 0.1) is 5.69 Å². The molecule has 3 nitrogen and oxygen atoms in total. The van der Waals surface area contributed by atoms with Crippen molar-refractivity contribution in [1.29, 1.82) is 0 Å². The van der Waals surface area contributed by atoms with E-state index in [9.17, 15) is 0 Å². The Labute approximate surface area is 99.7 Å². The molecule has 2 rings (SSSR count). The molecule has 1 heterocycles. The Hall–Kier alpha value is -1.42. The van der Waals surface area contributed by atoms with E-state index in [0.717, 1.165) is 22.8 Å². The van der Waals surface area contributed by atoms with Crippen molar-refractivity contribution in [2.45, 2.75) is 17.6 Å². The van der Waals surface area contributed by atoms with Crippen molar-refractivity contribution in [1.82, 2.24) is 9.78 Å². The number of thioether (sulfide) groups is 1. The zero-order chi connectivity index (χ0) is 11.5. The number of nitrogens with zero attached hydrogens (tertiary/aromatic N) is 2. The number of aromatic nitrogens is 2. The topological polar surface area (TPSA) is 43.8 Å². The first-order chi connectivity index (χ1) is 7.68. The number of hydrogen-bond acceptors (Lipinski definition) is 3. The van der Waals surface area contributed by atoms with Gasteiger partial charge in [0.25, 0.3) is 0 Å². The first kappa shape index (κ1) is 11.1. The molecule has 0 bridgehead atoms. The van der Waals surface area contributed by atoms with Gasteiger partial charge >= 0.3 is 0 Å². The van der Waals surface area contributed by atoms with E-state index in [1.807, 2.05) is 32.2 Å². The maximum atomic E-state index is 5.95. The standard InChI is InChI=1S/C12H15N3S/c1-9-11(12(13)15(2)14-9)8-16-10-6-4-3-5-7-10/h3-7H,8,13H2,1-2H3. The highest BCUT2D eigenvalue weighted by Gasteiger charge is 2.09. The van der Waals surface area contributed by atoms with Crippen LogP contribution in [0, 0.1) is 6.92 Å². The monoisotopic (exact) mass is 233 g/mol. The van der Waals surface area contributed by atoms with Gasteiger partial charge in [0, 0.05) is 23.3 Å². The minimum atomic E-state index is 0.765. The van der Waals surface area contributed by atoms with Gasteiger partial charge in [-0.15, -0.1) is 11.8 Å². The molecule has 84 valence electrons. The predicted octanol–water partition coefficient (Wildman–Crippen LogP) is 2.60. The molecule has 1 aromatic carbocycles. The molecule has 0 amide bonds. The summed E-state index contributed by atoms with van der Waals surface area (Å²) in [7, 11) is 1.87. The van der Waals surface area contributed by atoms with Crippen molar-refractivity contribution in [2.24, 2.45) is 7.05 Å². The van der Waals surface area contributed by atoms with Crippen molar-refractivity contribution < 1.29 is 0 Å². The first-order valence-electron chi connectivity index (χ1n) is 5.14. The average Bonchev–Trinajstić information content (AvgIpc) is 2.53. The van der Waals surface area contributed by atoms with Crippen molar-refractivity contribution in [3.05, 3.63) is 41.6 Å². The molecular formula is C12H15N3S. The highest BCUT2D eigenvalue weighted by atomic mass is 32.2. The second-order valence-corrected chi connectivity index (χ2v) is 4.72. The summed E-state index contributed by atoms with van der Waals surface area (Å²) in [5.74, 6) is 1.64. The lowest BCUT2D eigenvalue weighted by molar-refractivity contribution is 0.767. The van der Waals surface area contributed by atoms with Crippen molar-refractivity contribution in [2.75, 3.05) is 5.73 Å². The predicted molar refractivity (Wildman–Crippen MR) is 68.4 cm³/mol. The van der Waals surface area contributed by atoms with Gasteiger partial charge in [-0.2, -0.15) is 5.10 Å². The Balaban J connectivity index is 2.11. The normalized spacial score (nSPS) is 10.6. The largest absolute Gasteiger partial charge is 0.384 e. The van der Waals surface area contributed by atoms with E-state index in [1.54, 1.807) is 16.4 Å². The highest BCUT2D eigenvalue weighted by molar-refractivity contribution is 7.98. The molecule has 2 aromatic rings. The molecule has 0 spiro atoms. The molecule has 0 fully saturated rings. The fraction of sp³-hybridized carbons (Fsp3) is 0.250. The van der Waals surface area contributed by atoms with E-state index in [-0.39, 0.29) is 0 Å². The van der Waals surface area contributed by atoms with E-state index >= 15 is 0 Å². The lowest BCUT2D eigenvalue weighted by Gasteiger charge is -2.02. The third-order valence-electron chi connectivity index (χ3n) is 2.52. The number of hydrogen-bond donors (Lipinski definition) is 1. The lowest BCUT2D eigenvalue weighted by Crippen LogP contribution is -1.98. The van der Waals surface area contributed by atoms with Gasteiger partial charge in [-0.05, 0) is 19.1 Å². The smallest absolute Gasteiger partial charge is 0.125 e. The molecule has 0 aliphatic rings. The number of anilines is 1. The van der Waals surface area contributed by atoms with E-state index < -0.39 is 0 Å². The molecule has 0 unspecified atom stereocenters. The van der Waals surface area contributed by atoms with Crippen LogP contribution in [0.4, 0.5) is 5.82 Å². The van der Waals surface area contributed by atoms with Crippen LogP contribution in [-0.2, 0) is 12.8 Å². The van der Waals surface area contributed by atoms with Crippen LogP contribution in [0.25, 0.3) is 0 Å². The van der Waals surface area contributed by atoms with E-state index in [1.165, 1.54) is 4.90 Å². The molecule has 0 saturated carbocycles. The van der Waals surface area contributed by atoms with E-state index in [0.29, 0.717) is 0 Å². The second-order valence-electron chi connectivity index (χ2n) is 3.67. The van der Waals surface area contributed by atoms with Crippen molar-refractivity contribution in [3.8, 4) is 0 Å². The number of aryl methyl sites for hydroxylation is 2. The molecule has 0 atom stereocenters. The minimum Gasteiger partial charge on any atom is -0.384 e. The Kier molecular flexibility index (Phi) is 3.19. The molecule has 16 heavy (non-hydrogen) atoms. The quantitative estimate of drug-likeness (QED) is 0.829. The fourth-order valence-electron chi connectivity index (χ4n) is 1.57. The van der Waals surface area contributed by atoms with E-state index in [4.69, 9.17) is 5.73 Å². The van der Waals surface area contributed by atoms with Gasteiger partial charge in [-0.1, -0.05) is 18.2 Å². The van der Waals surface area contributed by atoms with Crippen LogP contribution in [0.15, 0.2) is 35.2 Å². The van der Waals surface area contributed by atoms with Gasteiger partial charge in [0.15, 0.2) is 0 Å². The lowest BCUT2D eigenvalue weighted by atomic mass is 10.3. The molecule has 0 radical (unpaired) electrons. The van der Waals surface area contributed by atoms with Crippen LogP contribution in [0.1, 0.15) is 11.3 Å². The molecular weight excluding hydrogens is 218 g/mol. The maximum Gasteiger partial charge on any atom is 0.125 e. The van der Waals surface area contributed by atoms with Crippen LogP contribution >= 0.6 is 11.8 Å². The van der Waals surface area contributed by atoms with Gasteiger partial charge < -0.3 is 5.73 Å². The summed E-state index contributed by atoms with van der Waals surface area (Å²) >= 11 is 1.78. The summed E-state index contributed by atoms with van der Waals surface area (Å²) in [5.41, 5.74) is 8.11. The summed E-state index contributed by atoms with van der Waals surface area (Å²) < 4.78 is 1.73. The highest BCUT2D eigenvalue weighted by Crippen LogP contribution is 2.26. The van der Waals surface area contributed by atoms with E-state index in [2.05, 4.69) is 17.2 Å². The molecule has 2 N–H and O–H groups in total. The van der Waals surface area contributed by atoms with Gasteiger partial charge in [-0.25, -0.2) is 0 Å². The molecule has 4 heteroatoms. The number of rotatable bonds is 3. The van der Waals surface area contributed by atoms with Crippen LogP contribution in [0.3, 0.4) is 0 Å². The molecule has 0 aliphatic heterocycles. The Morgan fingerprint density at radius 2 is 2.00 bits per heavy atom. The number of nitrogen functional groups attached to an aromatic ring is 1. The maximum absolute atomic E-state index is 5.95.